The molecule has 23 nitrogen and oxygen atoms in total. The Kier molecular flexibility index (Phi) is 21.2. The summed E-state index contributed by atoms with van der Waals surface area (Å²) in [7, 11) is 0. The van der Waals surface area contributed by atoms with Gasteiger partial charge in [0.1, 0.15) is 48.3 Å². The van der Waals surface area contributed by atoms with Gasteiger partial charge in [0.15, 0.2) is 5.78 Å². The SMILES string of the molecule is C[C@@H](O)[C@@H]1NC(=O)[C@H](C23CC4CC(CC(C4)C2)C3)NC(=O)[C@H](CCCN)NC(=O)[C@@H]2CCCN2C(=O)[C@@H](Cc2ccccc2)NC(=O)[C@H](CCCN)NC(=O)[C@H](C23CC4CC(CC(C4)C2)C3)NC(=O)[C@H](CCCN)NC(=O)C2=CC3=C4CCCC4=C4C=C(S[C@]4(C)[C@@]3(C)S2)C(=O)[C@H]2CCCN2C1=O. The van der Waals surface area contributed by atoms with Crippen LogP contribution in [-0.2, 0) is 54.4 Å². The van der Waals surface area contributed by atoms with Crippen molar-refractivity contribution in [3.8, 4) is 0 Å². The maximum atomic E-state index is 15.7. The first-order valence-corrected chi connectivity index (χ1v) is 40.5. The molecule has 9 amide bonds. The molecule has 12 bridgehead atoms. The lowest BCUT2D eigenvalue weighted by atomic mass is 9.47. The predicted octanol–water partition coefficient (Wildman–Crippen LogP) is 4.79. The van der Waals surface area contributed by atoms with Gasteiger partial charge in [0.05, 0.1) is 31.5 Å². The summed E-state index contributed by atoms with van der Waals surface area (Å²) in [6, 6.07) is -1.44. The second kappa shape index (κ2) is 29.8. The van der Waals surface area contributed by atoms with Gasteiger partial charge in [-0.25, -0.2) is 0 Å². The molecule has 12 atom stereocenters. The predicted molar refractivity (Wildman–Crippen MR) is 392 cm³/mol. The number of benzene rings is 1. The highest BCUT2D eigenvalue weighted by Gasteiger charge is 2.63. The molecule has 1 aromatic carbocycles. The van der Waals surface area contributed by atoms with Crippen LogP contribution in [-0.4, -0.2) is 177 Å². The van der Waals surface area contributed by atoms with Crippen molar-refractivity contribution in [1.29, 1.82) is 0 Å². The molecule has 1 aromatic rings. The smallest absolute Gasteiger partial charge is 0.258 e. The van der Waals surface area contributed by atoms with Crippen LogP contribution >= 0.6 is 23.5 Å². The number of amides is 9. The van der Waals surface area contributed by atoms with Crippen molar-refractivity contribution in [2.24, 2.45) is 63.5 Å². The quantitative estimate of drug-likeness (QED) is 0.119. The number of hydrogen-bond donors (Lipinski definition) is 11. The van der Waals surface area contributed by atoms with Crippen LogP contribution in [0.1, 0.15) is 187 Å². The molecule has 0 radical (unpaired) electrons. The third-order valence-electron chi connectivity index (χ3n) is 26.5. The van der Waals surface area contributed by atoms with E-state index in [1.165, 1.54) is 40.2 Å². The Labute approximate surface area is 613 Å². The number of aliphatic hydroxyl groups is 1. The van der Waals surface area contributed by atoms with Crippen molar-refractivity contribution in [1.82, 2.24) is 47.0 Å². The first-order chi connectivity index (χ1) is 49.4. The van der Waals surface area contributed by atoms with E-state index < -0.39 is 134 Å². The number of Topliss-reactive ketones (excluding diaryl/α,β-unsaturated/α-hetero) is 1. The van der Waals surface area contributed by atoms with E-state index in [1.807, 2.05) is 42.5 Å². The number of carbonyl (C=O) groups excluding carboxylic acids is 10. The first-order valence-electron chi connectivity index (χ1n) is 38.8. The Balaban J connectivity index is 0.822. The summed E-state index contributed by atoms with van der Waals surface area (Å²) in [5.41, 5.74) is 22.1. The van der Waals surface area contributed by atoms with Crippen molar-refractivity contribution in [2.45, 2.75) is 258 Å². The van der Waals surface area contributed by atoms with Crippen LogP contribution in [0.25, 0.3) is 0 Å². The molecule has 25 heteroatoms. The zero-order valence-electron chi connectivity index (χ0n) is 60.2. The van der Waals surface area contributed by atoms with Crippen molar-refractivity contribution in [3.63, 3.8) is 0 Å². The van der Waals surface area contributed by atoms with Crippen LogP contribution in [0.4, 0.5) is 0 Å². The Bertz CT molecular complexity index is 3640. The number of fused-ring (bicyclic) bond motifs is 5. The molecule has 0 aromatic heterocycles. The molecular weight excluding hydrogens is 1350 g/mol. The van der Waals surface area contributed by atoms with Crippen LogP contribution in [0.3, 0.4) is 0 Å². The average Bonchev–Trinajstić information content (AvgIpc) is 1.51. The number of nitrogens with one attached hydrogen (secondary N) is 7. The molecule has 103 heavy (non-hydrogen) atoms. The number of hydrogen-bond acceptors (Lipinski definition) is 16. The number of carbonyl (C=O) groups is 10. The third kappa shape index (κ3) is 14.0. The Morgan fingerprint density at radius 2 is 0.913 bits per heavy atom. The summed E-state index contributed by atoms with van der Waals surface area (Å²) in [5, 5.41) is 33.4. The molecule has 15 aliphatic rings. The van der Waals surface area contributed by atoms with Crippen LogP contribution < -0.4 is 54.4 Å². The van der Waals surface area contributed by atoms with Gasteiger partial charge in [0.2, 0.25) is 47.3 Å². The number of rotatable bonds is 14. The van der Waals surface area contributed by atoms with E-state index in [0.29, 0.717) is 122 Å². The first kappa shape index (κ1) is 73.5. The van der Waals surface area contributed by atoms with E-state index in [0.717, 1.165) is 85.6 Å². The molecule has 9 saturated carbocycles. The van der Waals surface area contributed by atoms with E-state index in [4.69, 9.17) is 17.2 Å². The molecule has 5 aliphatic heterocycles. The largest absolute Gasteiger partial charge is 0.391 e. The van der Waals surface area contributed by atoms with E-state index >= 15 is 47.9 Å². The van der Waals surface area contributed by atoms with E-state index in [-0.39, 0.29) is 70.6 Å². The number of aliphatic hydroxyl groups excluding tert-OH is 1. The minimum atomic E-state index is -1.50. The average molecular weight is 1450 g/mol. The maximum Gasteiger partial charge on any atom is 0.258 e. The van der Waals surface area contributed by atoms with Gasteiger partial charge < -0.3 is 69.3 Å². The normalized spacial score (nSPS) is 38.9. The van der Waals surface area contributed by atoms with Gasteiger partial charge in [-0.15, -0.1) is 23.5 Å². The molecule has 558 valence electrons. The van der Waals surface area contributed by atoms with Gasteiger partial charge >= 0.3 is 0 Å². The molecule has 0 unspecified atom stereocenters. The summed E-state index contributed by atoms with van der Waals surface area (Å²) >= 11 is 2.85. The lowest BCUT2D eigenvalue weighted by molar-refractivity contribution is -0.148. The van der Waals surface area contributed by atoms with Crippen molar-refractivity contribution >= 4 is 82.5 Å². The molecule has 12 fully saturated rings. The Morgan fingerprint density at radius 1 is 0.495 bits per heavy atom. The van der Waals surface area contributed by atoms with E-state index in [1.54, 1.807) is 0 Å². The monoisotopic (exact) mass is 1450 g/mol. The number of ketones is 1. The minimum absolute atomic E-state index is 0.0199. The summed E-state index contributed by atoms with van der Waals surface area (Å²) < 4.78 is -1.58. The summed E-state index contributed by atoms with van der Waals surface area (Å²) in [6.45, 7) is 6.60. The fourth-order valence-electron chi connectivity index (χ4n) is 22.3. The molecule has 16 rings (SSSR count). The minimum Gasteiger partial charge on any atom is -0.391 e. The fraction of sp³-hybridized carbons (Fsp3) is 0.692. The molecular formula is C78H108N12O11S2. The fourth-order valence-corrected chi connectivity index (χ4v) is 25.4. The van der Waals surface area contributed by atoms with Crippen LogP contribution in [0.2, 0.25) is 0 Å². The Hall–Kier alpha value is -6.38. The highest BCUT2D eigenvalue weighted by Crippen LogP contribution is 2.69. The van der Waals surface area contributed by atoms with Crippen LogP contribution in [0.15, 0.2) is 74.6 Å². The molecule has 0 spiro atoms. The molecule has 14 N–H and O–H groups in total. The molecule has 5 heterocycles. The summed E-state index contributed by atoms with van der Waals surface area (Å²) in [5.74, 6) is -3.51. The number of thioether (sulfide) groups is 2. The molecule has 10 aliphatic carbocycles. The number of allylic oxidation sites excluding steroid dienone is 4. The van der Waals surface area contributed by atoms with Gasteiger partial charge in [0.25, 0.3) is 5.91 Å². The second-order valence-electron chi connectivity index (χ2n) is 33.5. The lowest BCUT2D eigenvalue weighted by Gasteiger charge is -2.59. The Morgan fingerprint density at radius 3 is 1.40 bits per heavy atom. The van der Waals surface area contributed by atoms with Crippen molar-refractivity contribution in [2.75, 3.05) is 32.7 Å². The second-order valence-corrected chi connectivity index (χ2v) is 36.5. The van der Waals surface area contributed by atoms with Gasteiger partial charge in [-0.1, -0.05) is 30.3 Å². The maximum absolute atomic E-state index is 15.7. The summed E-state index contributed by atoms with van der Waals surface area (Å²) in [6.07, 6.45) is 18.0. The van der Waals surface area contributed by atoms with Crippen molar-refractivity contribution in [3.05, 3.63) is 80.2 Å². The van der Waals surface area contributed by atoms with Gasteiger partial charge in [-0.2, -0.15) is 0 Å². The number of nitrogens with zero attached hydrogens (tertiary/aromatic N) is 2. The van der Waals surface area contributed by atoms with Crippen molar-refractivity contribution < 1.29 is 53.1 Å². The topological polar surface area (TPSA) is 360 Å². The summed E-state index contributed by atoms with van der Waals surface area (Å²) in [4.78, 5) is 158. The van der Waals surface area contributed by atoms with Crippen LogP contribution in [0.5, 0.6) is 0 Å². The van der Waals surface area contributed by atoms with Gasteiger partial charge in [-0.3, -0.25) is 47.9 Å². The van der Waals surface area contributed by atoms with E-state index in [2.05, 4.69) is 51.1 Å². The third-order valence-corrected chi connectivity index (χ3v) is 29.8. The zero-order valence-corrected chi connectivity index (χ0v) is 61.8. The highest BCUT2D eigenvalue weighted by molar-refractivity contribution is 8.10. The van der Waals surface area contributed by atoms with E-state index in [9.17, 15) is 5.11 Å². The standard InChI is InChI=1S/C78H108N12O11S2/c1-42(91)62-74(101)89-25-11-20-58(89)63(92)60-34-52-50-15-7-16-51(50)53-35-61(103-76(53,3)75(52,2)102-60)70(97)83-56(19-10-24-81)68(95)87-64(77-36-44-27-45(37-77)29-46(28-44)38-77)71(98)84-54(17-8-22-79)66(93)85-57(33-43-13-5-4-6-14-43)73(100)90-26-12-21-59(90)69(96)82-55(18-9-23-80)67(94)88-65(72(99)86-62)78-39-47-30-48(40-78)32-49(31-47)41-78/h4-6,13-14,34-35,42,44-49,54-59,62,64-65,91H,7-12,15-33,36-41,79-81H2,1-3H3,(H,82,96)(H,83,97)(H,84,98)(H,85,93)(H,86,99)(H,87,95)(H,88,94)/t42-,44?,45?,46?,47?,48?,49?,54+,55+,56+,57-,58-,59+,62+,64-,65-,75+,76+,77?,78?/m1/s1. The lowest BCUT2D eigenvalue weighted by Crippen LogP contribution is -2.66. The number of nitrogens with two attached hydrogens (primary N) is 3. The molecule has 3 saturated heterocycles. The van der Waals surface area contributed by atoms with Crippen LogP contribution in [0, 0.1) is 46.3 Å². The van der Waals surface area contributed by atoms with Gasteiger partial charge in [0, 0.05) is 30.3 Å². The van der Waals surface area contributed by atoms with Gasteiger partial charge in [-0.05, 0) is 276 Å². The zero-order chi connectivity index (χ0) is 72.4. The highest BCUT2D eigenvalue weighted by atomic mass is 32.2.